The zero-order chi connectivity index (χ0) is 26.9. The van der Waals surface area contributed by atoms with E-state index in [-0.39, 0.29) is 5.56 Å². The van der Waals surface area contributed by atoms with Crippen molar-refractivity contribution < 1.29 is 9.29 Å². The molecule has 0 saturated carbocycles. The molecule has 0 bridgehead atoms. The van der Waals surface area contributed by atoms with Crippen molar-refractivity contribution in [3.8, 4) is 22.8 Å². The monoisotopic (exact) mass is 539 g/mol. The second-order valence-electron chi connectivity index (χ2n) is 9.65. The molecule has 2 heterocycles. The van der Waals surface area contributed by atoms with E-state index in [4.69, 9.17) is 14.3 Å². The highest BCUT2D eigenvalue weighted by atomic mass is 32.2. The third-order valence-corrected chi connectivity index (χ3v) is 7.20. The number of benzene rings is 3. The molecule has 2 N–H and O–H groups in total. The molecular formula is C32H33N3O3S. The first-order valence-corrected chi connectivity index (χ1v) is 14.4. The molecule has 2 aliphatic heterocycles. The molecule has 5 rings (SSSR count). The first-order chi connectivity index (χ1) is 19.2. The summed E-state index contributed by atoms with van der Waals surface area (Å²) in [4.78, 5) is 22.0. The van der Waals surface area contributed by atoms with E-state index in [1.807, 2.05) is 79.0 Å². The Bertz CT molecular complexity index is 1500. The number of nitrogens with zero attached hydrogens (tertiary/aromatic N) is 2. The minimum absolute atomic E-state index is 0.0992. The second-order valence-corrected chi connectivity index (χ2v) is 10.3. The maximum Gasteiger partial charge on any atom is 0.278 e. The topological polar surface area (TPSA) is 80.1 Å². The summed E-state index contributed by atoms with van der Waals surface area (Å²) >= 11 is 0.905. The molecule has 7 heteroatoms. The van der Waals surface area contributed by atoms with E-state index in [1.54, 1.807) is 4.57 Å². The van der Waals surface area contributed by atoms with Crippen LogP contribution in [-0.4, -0.2) is 31.4 Å². The maximum atomic E-state index is 13.6. The molecule has 0 radical (unpaired) electrons. The number of H-pyrrole nitrogens is 1. The molecule has 2 aliphatic rings. The lowest BCUT2D eigenvalue weighted by atomic mass is 10.1. The number of fused-ring (bicyclic) bond motifs is 1. The Morgan fingerprint density at radius 3 is 2.38 bits per heavy atom. The number of imidazole rings is 1. The Kier molecular flexibility index (Phi) is 9.14. The highest BCUT2D eigenvalue weighted by Crippen LogP contribution is 2.24. The van der Waals surface area contributed by atoms with E-state index in [1.165, 1.54) is 0 Å². The van der Waals surface area contributed by atoms with Gasteiger partial charge >= 0.3 is 0 Å². The Labute approximate surface area is 233 Å². The fourth-order valence-corrected chi connectivity index (χ4v) is 5.06. The summed E-state index contributed by atoms with van der Waals surface area (Å²) in [6, 6.07) is 28.2. The summed E-state index contributed by atoms with van der Waals surface area (Å²) in [6.07, 6.45) is 7.09. The third-order valence-electron chi connectivity index (χ3n) is 6.73. The van der Waals surface area contributed by atoms with Gasteiger partial charge in [0.05, 0.1) is 18.0 Å². The van der Waals surface area contributed by atoms with Crippen LogP contribution in [0.4, 0.5) is 0 Å². The molecule has 200 valence electrons. The smallest absolute Gasteiger partial charge is 0.278 e. The minimum Gasteiger partial charge on any atom is -0.494 e. The Morgan fingerprint density at radius 1 is 0.846 bits per heavy atom. The van der Waals surface area contributed by atoms with Crippen molar-refractivity contribution in [3.63, 3.8) is 0 Å². The lowest BCUT2D eigenvalue weighted by Gasteiger charge is -2.13. The molecular weight excluding hydrogens is 506 g/mol. The van der Waals surface area contributed by atoms with Crippen LogP contribution in [0.3, 0.4) is 0 Å². The molecule has 3 aromatic carbocycles. The molecule has 0 spiro atoms. The number of nitrogens with one attached hydrogen (secondary N) is 1. The lowest BCUT2D eigenvalue weighted by Crippen LogP contribution is -2.17. The van der Waals surface area contributed by atoms with Gasteiger partial charge < -0.3 is 14.3 Å². The van der Waals surface area contributed by atoms with E-state index in [0.717, 1.165) is 77.3 Å². The Balaban J connectivity index is 1.38. The zero-order valence-electron chi connectivity index (χ0n) is 21.9. The molecule has 39 heavy (non-hydrogen) atoms. The fraction of sp³-hybridized carbons (Fsp3) is 0.250. The fourth-order valence-electron chi connectivity index (χ4n) is 4.73. The predicted octanol–water partition coefficient (Wildman–Crippen LogP) is 6.99. The Morgan fingerprint density at radius 2 is 1.59 bits per heavy atom. The van der Waals surface area contributed by atoms with E-state index >= 15 is 0 Å². The first kappa shape index (κ1) is 26.8. The number of rotatable bonds is 13. The average molecular weight is 540 g/mol. The van der Waals surface area contributed by atoms with Gasteiger partial charge in [-0.3, -0.25) is 9.36 Å². The van der Waals surface area contributed by atoms with Crippen LogP contribution in [0.15, 0.2) is 95.9 Å². The van der Waals surface area contributed by atoms with Gasteiger partial charge in [0.1, 0.15) is 11.4 Å². The molecule has 0 aromatic heterocycles. The molecule has 0 unspecified atom stereocenters. The summed E-state index contributed by atoms with van der Waals surface area (Å²) in [5.41, 5.74) is 5.35. The minimum atomic E-state index is -0.0992. The normalized spacial score (nSPS) is 11.2. The van der Waals surface area contributed by atoms with Gasteiger partial charge in [-0.25, -0.2) is 4.98 Å². The van der Waals surface area contributed by atoms with Crippen molar-refractivity contribution in [1.82, 2.24) is 14.5 Å². The van der Waals surface area contributed by atoms with Crippen molar-refractivity contribution in [1.29, 1.82) is 0 Å². The van der Waals surface area contributed by atoms with E-state index in [2.05, 4.69) is 17.1 Å². The molecule has 3 aromatic rings. The van der Waals surface area contributed by atoms with Crippen molar-refractivity contribution in [3.05, 3.63) is 124 Å². The van der Waals surface area contributed by atoms with Gasteiger partial charge in [0.15, 0.2) is 5.82 Å². The standard InChI is InChI=1S/C32H33N3O3S/c36-32-29(22-25-14-11-17-27(20-25)38-18-9-1-2-10-19-39-37)34-31-28(21-24-12-5-3-6-13-24)33-30(23-35(31)32)26-15-7-4-8-16-26/h3-8,11-17,20,23,33,37H,1-2,9-10,18-19,21-22H2. The summed E-state index contributed by atoms with van der Waals surface area (Å²) in [6.45, 7) is 0.651. The second kappa shape index (κ2) is 13.3. The SMILES string of the molecule is O=c1c(Cc2cccc(OCCCCCCSO)c2)nc2c(Cc3ccccc3)[nH]c(-c3ccccc3)cn1-2. The summed E-state index contributed by atoms with van der Waals surface area (Å²) < 4.78 is 16.5. The quantitative estimate of drug-likeness (QED) is 0.124. The summed E-state index contributed by atoms with van der Waals surface area (Å²) in [5, 5.41) is 0. The largest absolute Gasteiger partial charge is 0.494 e. The van der Waals surface area contributed by atoms with Gasteiger partial charge in [0, 0.05) is 24.8 Å². The van der Waals surface area contributed by atoms with Gasteiger partial charge in [0.2, 0.25) is 0 Å². The zero-order valence-corrected chi connectivity index (χ0v) is 22.7. The van der Waals surface area contributed by atoms with Crippen LogP contribution >= 0.6 is 12.0 Å². The van der Waals surface area contributed by atoms with E-state index in [9.17, 15) is 4.79 Å². The predicted molar refractivity (Wildman–Crippen MR) is 158 cm³/mol. The average Bonchev–Trinajstić information content (AvgIpc) is 3.29. The van der Waals surface area contributed by atoms with Crippen molar-refractivity contribution in [2.45, 2.75) is 38.5 Å². The van der Waals surface area contributed by atoms with Crippen molar-refractivity contribution in [2.24, 2.45) is 0 Å². The number of aromatic nitrogens is 3. The molecule has 0 amide bonds. The Hall–Kier alpha value is -3.81. The number of hydrogen-bond donors (Lipinski definition) is 2. The third kappa shape index (κ3) is 6.99. The maximum absolute atomic E-state index is 13.6. The van der Waals surface area contributed by atoms with Crippen LogP contribution in [-0.2, 0) is 12.8 Å². The van der Waals surface area contributed by atoms with Gasteiger partial charge in [0.25, 0.3) is 5.56 Å². The van der Waals surface area contributed by atoms with Crippen LogP contribution in [0.1, 0.15) is 48.2 Å². The van der Waals surface area contributed by atoms with E-state index in [0.29, 0.717) is 31.0 Å². The highest BCUT2D eigenvalue weighted by Gasteiger charge is 2.20. The van der Waals surface area contributed by atoms with Gasteiger partial charge in [-0.2, -0.15) is 0 Å². The van der Waals surface area contributed by atoms with Crippen LogP contribution in [0.25, 0.3) is 17.1 Å². The van der Waals surface area contributed by atoms with Crippen LogP contribution < -0.4 is 10.3 Å². The molecule has 6 nitrogen and oxygen atoms in total. The number of aromatic amines is 1. The molecule has 0 atom stereocenters. The lowest BCUT2D eigenvalue weighted by molar-refractivity contribution is 0.305. The molecule has 0 fully saturated rings. The van der Waals surface area contributed by atoms with Crippen LogP contribution in [0, 0.1) is 0 Å². The van der Waals surface area contributed by atoms with Gasteiger partial charge in [-0.05, 0) is 53.7 Å². The highest BCUT2D eigenvalue weighted by molar-refractivity contribution is 7.93. The van der Waals surface area contributed by atoms with Crippen molar-refractivity contribution in [2.75, 3.05) is 12.4 Å². The van der Waals surface area contributed by atoms with Gasteiger partial charge in [-0.15, -0.1) is 0 Å². The first-order valence-electron chi connectivity index (χ1n) is 13.4. The van der Waals surface area contributed by atoms with Gasteiger partial charge in [-0.1, -0.05) is 85.6 Å². The number of unbranched alkanes of at least 4 members (excludes halogenated alkanes) is 3. The van der Waals surface area contributed by atoms with Crippen LogP contribution in [0.5, 0.6) is 5.75 Å². The summed E-state index contributed by atoms with van der Waals surface area (Å²) in [7, 11) is 0. The number of ether oxygens (including phenoxy) is 1. The molecule has 0 saturated heterocycles. The molecule has 0 aliphatic carbocycles. The van der Waals surface area contributed by atoms with Crippen LogP contribution in [0.2, 0.25) is 0 Å². The van der Waals surface area contributed by atoms with E-state index < -0.39 is 0 Å². The summed E-state index contributed by atoms with van der Waals surface area (Å²) in [5.74, 6) is 2.25. The van der Waals surface area contributed by atoms with Crippen molar-refractivity contribution >= 4 is 12.0 Å². The number of hydrogen-bond acceptors (Lipinski definition) is 5.